The Morgan fingerprint density at radius 2 is 1.72 bits per heavy atom. The van der Waals surface area contributed by atoms with Gasteiger partial charge in [-0.25, -0.2) is 13.6 Å². The fourth-order valence-corrected chi connectivity index (χ4v) is 4.96. The number of esters is 1. The average molecular weight is 511 g/mol. The van der Waals surface area contributed by atoms with Gasteiger partial charge in [-0.15, -0.1) is 0 Å². The molecule has 2 aliphatic rings. The van der Waals surface area contributed by atoms with Gasteiger partial charge < -0.3 is 10.1 Å². The van der Waals surface area contributed by atoms with Gasteiger partial charge in [-0.3, -0.25) is 14.5 Å². The molecule has 0 saturated heterocycles. The number of nitrogens with zero attached hydrogens (tertiary/aromatic N) is 1. The van der Waals surface area contributed by atoms with Crippen LogP contribution in [0, 0.1) is 11.6 Å². The molecule has 1 N–H and O–H groups in total. The molecule has 1 saturated carbocycles. The van der Waals surface area contributed by atoms with Gasteiger partial charge in [0.1, 0.15) is 17.7 Å². The number of benzene rings is 3. The minimum absolute atomic E-state index is 0.0353. The largest absolute Gasteiger partial charge is 0.467 e. The number of rotatable bonds is 6. The molecule has 3 aromatic carbocycles. The number of amides is 2. The highest BCUT2D eigenvalue weighted by Crippen LogP contribution is 2.59. The van der Waals surface area contributed by atoms with Crippen LogP contribution < -0.4 is 10.2 Å². The van der Waals surface area contributed by atoms with Crippen molar-refractivity contribution in [3.63, 3.8) is 0 Å². The Labute approximate surface area is 210 Å². The zero-order chi connectivity index (χ0) is 25.6. The van der Waals surface area contributed by atoms with Gasteiger partial charge in [0.15, 0.2) is 0 Å². The summed E-state index contributed by atoms with van der Waals surface area (Å²) in [6, 6.07) is 14.1. The lowest BCUT2D eigenvalue weighted by Crippen LogP contribution is -2.43. The first-order valence-corrected chi connectivity index (χ1v) is 11.7. The molecular weight excluding hydrogens is 490 g/mol. The standard InChI is InChI=1S/C27H21ClF2N2O4/c1-36-25(34)21(31-24(33)22-18(28)5-3-6-19(22)29)14-15-8-10-16(11-9-15)32-23-17(4-2-7-20(23)30)27(12-13-27)26(32)35/h2-11,21H,12-14H2,1H3,(H,31,33)/t21-/m0/s1. The van der Waals surface area contributed by atoms with Crippen LogP contribution in [-0.2, 0) is 26.2 Å². The highest BCUT2D eigenvalue weighted by atomic mass is 35.5. The number of hydrogen-bond acceptors (Lipinski definition) is 4. The van der Waals surface area contributed by atoms with Gasteiger partial charge in [0, 0.05) is 12.1 Å². The number of carbonyl (C=O) groups is 3. The zero-order valence-corrected chi connectivity index (χ0v) is 19.9. The minimum atomic E-state index is -1.12. The molecule has 1 spiro atoms. The van der Waals surface area contributed by atoms with E-state index >= 15 is 0 Å². The van der Waals surface area contributed by atoms with Crippen molar-refractivity contribution in [1.82, 2.24) is 5.32 Å². The lowest BCUT2D eigenvalue weighted by molar-refractivity contribution is -0.142. The van der Waals surface area contributed by atoms with Crippen molar-refractivity contribution < 1.29 is 27.9 Å². The molecule has 0 aromatic heterocycles. The van der Waals surface area contributed by atoms with E-state index in [1.165, 1.54) is 30.2 Å². The fourth-order valence-electron chi connectivity index (χ4n) is 4.71. The van der Waals surface area contributed by atoms with Gasteiger partial charge in [0.2, 0.25) is 5.91 Å². The van der Waals surface area contributed by atoms with E-state index in [1.807, 2.05) is 0 Å². The Bertz CT molecular complexity index is 1370. The summed E-state index contributed by atoms with van der Waals surface area (Å²) in [7, 11) is 1.18. The number of nitrogens with one attached hydrogen (secondary N) is 1. The predicted molar refractivity (Wildman–Crippen MR) is 129 cm³/mol. The lowest BCUT2D eigenvalue weighted by atomic mass is 9.98. The van der Waals surface area contributed by atoms with Crippen LogP contribution >= 0.6 is 11.6 Å². The van der Waals surface area contributed by atoms with Crippen molar-refractivity contribution in [3.05, 3.63) is 94.0 Å². The number of anilines is 2. The van der Waals surface area contributed by atoms with Crippen molar-refractivity contribution in [2.24, 2.45) is 0 Å². The van der Waals surface area contributed by atoms with E-state index in [2.05, 4.69) is 5.32 Å². The molecule has 6 nitrogen and oxygen atoms in total. The summed E-state index contributed by atoms with van der Waals surface area (Å²) in [6.07, 6.45) is 1.40. The molecule has 0 unspecified atom stereocenters. The van der Waals surface area contributed by atoms with Crippen LogP contribution in [0.3, 0.4) is 0 Å². The molecular formula is C27H21ClF2N2O4. The molecule has 9 heteroatoms. The van der Waals surface area contributed by atoms with Crippen LogP contribution in [0.4, 0.5) is 20.2 Å². The first kappa shape index (κ1) is 23.9. The third-order valence-electron chi connectivity index (χ3n) is 6.70. The van der Waals surface area contributed by atoms with Crippen LogP contribution in [0.2, 0.25) is 5.02 Å². The van der Waals surface area contributed by atoms with Crippen LogP contribution in [0.5, 0.6) is 0 Å². The van der Waals surface area contributed by atoms with Gasteiger partial charge in [-0.1, -0.05) is 41.9 Å². The topological polar surface area (TPSA) is 75.7 Å². The summed E-state index contributed by atoms with van der Waals surface area (Å²) in [5.41, 5.74) is 1.09. The zero-order valence-electron chi connectivity index (χ0n) is 19.2. The Hall–Kier alpha value is -3.78. The number of halogens is 3. The summed E-state index contributed by atoms with van der Waals surface area (Å²) < 4.78 is 33.7. The van der Waals surface area contributed by atoms with Crippen molar-refractivity contribution in [2.45, 2.75) is 30.7 Å². The number of para-hydroxylation sites is 1. The quantitative estimate of drug-likeness (QED) is 0.481. The molecule has 2 amide bonds. The molecule has 0 radical (unpaired) electrons. The summed E-state index contributed by atoms with van der Waals surface area (Å²) in [6.45, 7) is 0. The van der Waals surface area contributed by atoms with E-state index in [0.717, 1.165) is 6.07 Å². The number of fused-ring (bicyclic) bond motifs is 2. The number of carbonyl (C=O) groups excluding carboxylic acids is 3. The predicted octanol–water partition coefficient (Wildman–Crippen LogP) is 4.84. The second kappa shape index (κ2) is 9.02. The van der Waals surface area contributed by atoms with Gasteiger partial charge in [-0.2, -0.15) is 0 Å². The molecule has 1 atom stereocenters. The third kappa shape index (κ3) is 3.91. The maximum Gasteiger partial charge on any atom is 0.328 e. The van der Waals surface area contributed by atoms with Crippen molar-refractivity contribution in [3.8, 4) is 0 Å². The van der Waals surface area contributed by atoms with Crippen molar-refractivity contribution in [2.75, 3.05) is 12.0 Å². The summed E-state index contributed by atoms with van der Waals surface area (Å²) in [5, 5.41) is 2.39. The van der Waals surface area contributed by atoms with E-state index < -0.39 is 35.0 Å². The highest BCUT2D eigenvalue weighted by molar-refractivity contribution is 6.33. The van der Waals surface area contributed by atoms with E-state index in [9.17, 15) is 23.2 Å². The monoisotopic (exact) mass is 510 g/mol. The number of hydrogen-bond donors (Lipinski definition) is 1. The molecule has 1 aliphatic carbocycles. The van der Waals surface area contributed by atoms with E-state index in [4.69, 9.17) is 16.3 Å². The van der Waals surface area contributed by atoms with Gasteiger partial charge in [0.05, 0.1) is 28.8 Å². The third-order valence-corrected chi connectivity index (χ3v) is 7.02. The second-order valence-electron chi connectivity index (χ2n) is 8.88. The Balaban J connectivity index is 1.38. The molecule has 1 fully saturated rings. The van der Waals surface area contributed by atoms with E-state index in [1.54, 1.807) is 36.4 Å². The Kier molecular flexibility index (Phi) is 6.00. The summed E-state index contributed by atoms with van der Waals surface area (Å²) in [5.74, 6) is -3.01. The van der Waals surface area contributed by atoms with Crippen LogP contribution in [0.25, 0.3) is 0 Å². The lowest BCUT2D eigenvalue weighted by Gasteiger charge is -2.20. The number of ether oxygens (including phenoxy) is 1. The van der Waals surface area contributed by atoms with E-state index in [-0.39, 0.29) is 28.6 Å². The molecule has 1 heterocycles. The molecule has 36 heavy (non-hydrogen) atoms. The van der Waals surface area contributed by atoms with E-state index in [0.29, 0.717) is 29.7 Å². The first-order chi connectivity index (χ1) is 17.3. The van der Waals surface area contributed by atoms with Gasteiger partial charge in [-0.05, 0) is 54.3 Å². The normalized spacial score (nSPS) is 16.0. The minimum Gasteiger partial charge on any atom is -0.467 e. The van der Waals surface area contributed by atoms with Crippen LogP contribution in [-0.4, -0.2) is 30.9 Å². The second-order valence-corrected chi connectivity index (χ2v) is 9.28. The molecule has 1 aliphatic heterocycles. The maximum atomic E-state index is 14.7. The summed E-state index contributed by atoms with van der Waals surface area (Å²) in [4.78, 5) is 39.6. The fraction of sp³-hybridized carbons (Fsp3) is 0.222. The van der Waals surface area contributed by atoms with Crippen molar-refractivity contribution >= 4 is 40.8 Å². The Morgan fingerprint density at radius 3 is 2.36 bits per heavy atom. The molecule has 184 valence electrons. The smallest absolute Gasteiger partial charge is 0.328 e. The van der Waals surface area contributed by atoms with Gasteiger partial charge >= 0.3 is 5.97 Å². The first-order valence-electron chi connectivity index (χ1n) is 11.3. The maximum absolute atomic E-state index is 14.7. The highest BCUT2D eigenvalue weighted by Gasteiger charge is 2.60. The number of methoxy groups -OCH3 is 1. The average Bonchev–Trinajstić information content (AvgIpc) is 3.62. The molecule has 0 bridgehead atoms. The molecule has 3 aromatic rings. The SMILES string of the molecule is COC(=O)[C@H](Cc1ccc(N2C(=O)C3(CC3)c3cccc(F)c32)cc1)NC(=O)c1c(F)cccc1Cl. The Morgan fingerprint density at radius 1 is 1.06 bits per heavy atom. The van der Waals surface area contributed by atoms with Crippen LogP contribution in [0.1, 0.15) is 34.3 Å². The van der Waals surface area contributed by atoms with Gasteiger partial charge in [0.25, 0.3) is 5.91 Å². The van der Waals surface area contributed by atoms with Crippen molar-refractivity contribution in [1.29, 1.82) is 0 Å². The molecule has 5 rings (SSSR count). The van der Waals surface area contributed by atoms with Crippen LogP contribution in [0.15, 0.2) is 60.7 Å². The summed E-state index contributed by atoms with van der Waals surface area (Å²) >= 11 is 5.97.